The number of carbonyl (C=O) groups is 1. The SMILES string of the molecule is CC(Oc1cccc(Cl)c1)C(=O)NCC(O)C(C)C. The van der Waals surface area contributed by atoms with Gasteiger partial charge in [0.25, 0.3) is 5.91 Å². The molecule has 0 heterocycles. The molecule has 0 aliphatic rings. The first-order valence-corrected chi connectivity index (χ1v) is 6.66. The van der Waals surface area contributed by atoms with Gasteiger partial charge in [0.05, 0.1) is 6.10 Å². The highest BCUT2D eigenvalue weighted by Gasteiger charge is 2.17. The van der Waals surface area contributed by atoms with Crippen molar-refractivity contribution in [2.24, 2.45) is 5.92 Å². The highest BCUT2D eigenvalue weighted by molar-refractivity contribution is 6.30. The number of ether oxygens (including phenoxy) is 1. The largest absolute Gasteiger partial charge is 0.481 e. The number of hydrogen-bond acceptors (Lipinski definition) is 3. The molecule has 0 spiro atoms. The molecule has 1 rings (SSSR count). The van der Waals surface area contributed by atoms with Gasteiger partial charge in [-0.15, -0.1) is 0 Å². The minimum Gasteiger partial charge on any atom is -0.481 e. The number of aliphatic hydroxyl groups is 1. The molecule has 0 aromatic heterocycles. The van der Waals surface area contributed by atoms with Crippen LogP contribution in [0.5, 0.6) is 5.75 Å². The van der Waals surface area contributed by atoms with Gasteiger partial charge in [-0.1, -0.05) is 31.5 Å². The third-order valence-electron chi connectivity index (χ3n) is 2.73. The van der Waals surface area contributed by atoms with E-state index in [1.165, 1.54) is 0 Å². The summed E-state index contributed by atoms with van der Waals surface area (Å²) in [4.78, 5) is 11.8. The van der Waals surface area contributed by atoms with Gasteiger partial charge in [0, 0.05) is 11.6 Å². The molecule has 106 valence electrons. The molecule has 0 fully saturated rings. The van der Waals surface area contributed by atoms with Gasteiger partial charge in [0.2, 0.25) is 0 Å². The average molecular weight is 286 g/mol. The third-order valence-corrected chi connectivity index (χ3v) is 2.97. The summed E-state index contributed by atoms with van der Waals surface area (Å²) in [5.74, 6) is 0.378. The third kappa shape index (κ3) is 5.49. The number of aliphatic hydroxyl groups excluding tert-OH is 1. The first-order valence-electron chi connectivity index (χ1n) is 6.28. The topological polar surface area (TPSA) is 58.6 Å². The molecule has 1 aromatic rings. The van der Waals surface area contributed by atoms with E-state index in [-0.39, 0.29) is 18.4 Å². The molecule has 4 nitrogen and oxygen atoms in total. The van der Waals surface area contributed by atoms with E-state index < -0.39 is 12.2 Å². The van der Waals surface area contributed by atoms with Crippen LogP contribution in [0.3, 0.4) is 0 Å². The normalized spacial score (nSPS) is 14.0. The van der Waals surface area contributed by atoms with E-state index in [9.17, 15) is 9.90 Å². The molecule has 2 atom stereocenters. The Morgan fingerprint density at radius 2 is 2.11 bits per heavy atom. The smallest absolute Gasteiger partial charge is 0.260 e. The number of benzene rings is 1. The van der Waals surface area contributed by atoms with Crippen molar-refractivity contribution in [3.63, 3.8) is 0 Å². The van der Waals surface area contributed by atoms with Crippen LogP contribution in [0.25, 0.3) is 0 Å². The molecule has 5 heteroatoms. The molecule has 1 aromatic carbocycles. The van der Waals surface area contributed by atoms with Gasteiger partial charge in [-0.2, -0.15) is 0 Å². The van der Waals surface area contributed by atoms with Crippen molar-refractivity contribution in [2.75, 3.05) is 6.54 Å². The quantitative estimate of drug-likeness (QED) is 0.843. The average Bonchev–Trinajstić information content (AvgIpc) is 2.35. The van der Waals surface area contributed by atoms with Crippen LogP contribution in [-0.4, -0.2) is 29.8 Å². The van der Waals surface area contributed by atoms with E-state index in [2.05, 4.69) is 5.32 Å². The van der Waals surface area contributed by atoms with Crippen molar-refractivity contribution >= 4 is 17.5 Å². The van der Waals surface area contributed by atoms with Crippen LogP contribution in [0, 0.1) is 5.92 Å². The molecule has 0 saturated heterocycles. The molecule has 0 aliphatic heterocycles. The minimum atomic E-state index is -0.641. The summed E-state index contributed by atoms with van der Waals surface area (Å²) < 4.78 is 5.47. The summed E-state index contributed by atoms with van der Waals surface area (Å²) in [5.41, 5.74) is 0. The maximum Gasteiger partial charge on any atom is 0.260 e. The molecule has 2 N–H and O–H groups in total. The molecule has 0 bridgehead atoms. The number of nitrogens with one attached hydrogen (secondary N) is 1. The zero-order valence-corrected chi connectivity index (χ0v) is 12.1. The number of rotatable bonds is 6. The van der Waals surface area contributed by atoms with Crippen LogP contribution in [0.1, 0.15) is 20.8 Å². The summed E-state index contributed by atoms with van der Waals surface area (Å²) >= 11 is 5.83. The summed E-state index contributed by atoms with van der Waals surface area (Å²) in [6.45, 7) is 5.66. The van der Waals surface area contributed by atoms with E-state index >= 15 is 0 Å². The van der Waals surface area contributed by atoms with Crippen molar-refractivity contribution in [1.82, 2.24) is 5.32 Å². The number of halogens is 1. The Labute approximate surface area is 118 Å². The Morgan fingerprint density at radius 3 is 2.68 bits per heavy atom. The summed E-state index contributed by atoms with van der Waals surface area (Å²) in [5, 5.41) is 12.8. The Balaban J connectivity index is 2.45. The second kappa shape index (κ2) is 7.36. The Kier molecular flexibility index (Phi) is 6.12. The first-order chi connectivity index (χ1) is 8.90. The summed E-state index contributed by atoms with van der Waals surface area (Å²) in [6.07, 6.45) is -1.19. The maximum absolute atomic E-state index is 11.8. The molecular formula is C14H20ClNO3. The highest BCUT2D eigenvalue weighted by atomic mass is 35.5. The van der Waals surface area contributed by atoms with Crippen LogP contribution < -0.4 is 10.1 Å². The molecule has 1 amide bonds. The summed E-state index contributed by atoms with van der Waals surface area (Å²) in [7, 11) is 0. The van der Waals surface area contributed by atoms with Gasteiger partial charge in [-0.3, -0.25) is 4.79 Å². The lowest BCUT2D eigenvalue weighted by Gasteiger charge is -2.18. The number of amides is 1. The zero-order valence-electron chi connectivity index (χ0n) is 11.4. The van der Waals surface area contributed by atoms with E-state index in [0.29, 0.717) is 10.8 Å². The summed E-state index contributed by atoms with van der Waals surface area (Å²) in [6, 6.07) is 6.87. The highest BCUT2D eigenvalue weighted by Crippen LogP contribution is 2.18. The van der Waals surface area contributed by atoms with E-state index in [4.69, 9.17) is 16.3 Å². The van der Waals surface area contributed by atoms with Crippen LogP contribution in [0.4, 0.5) is 0 Å². The predicted molar refractivity (Wildman–Crippen MR) is 75.4 cm³/mol. The Morgan fingerprint density at radius 1 is 1.42 bits per heavy atom. The van der Waals surface area contributed by atoms with Crippen LogP contribution >= 0.6 is 11.6 Å². The van der Waals surface area contributed by atoms with Crippen molar-refractivity contribution in [1.29, 1.82) is 0 Å². The molecule has 2 unspecified atom stereocenters. The fourth-order valence-electron chi connectivity index (χ4n) is 1.38. The molecular weight excluding hydrogens is 266 g/mol. The molecule has 0 saturated carbocycles. The molecule has 0 aliphatic carbocycles. The monoisotopic (exact) mass is 285 g/mol. The fourth-order valence-corrected chi connectivity index (χ4v) is 1.56. The van der Waals surface area contributed by atoms with E-state index in [1.54, 1.807) is 31.2 Å². The predicted octanol–water partition coefficient (Wildman–Crippen LogP) is 2.24. The molecule has 19 heavy (non-hydrogen) atoms. The Bertz CT molecular complexity index is 423. The first kappa shape index (κ1) is 15.8. The maximum atomic E-state index is 11.8. The van der Waals surface area contributed by atoms with Gasteiger partial charge in [0.15, 0.2) is 6.10 Å². The number of hydrogen-bond donors (Lipinski definition) is 2. The van der Waals surface area contributed by atoms with Crippen molar-refractivity contribution in [2.45, 2.75) is 33.0 Å². The van der Waals surface area contributed by atoms with Gasteiger partial charge < -0.3 is 15.2 Å². The van der Waals surface area contributed by atoms with Crippen molar-refractivity contribution in [3.8, 4) is 5.75 Å². The van der Waals surface area contributed by atoms with Gasteiger partial charge in [-0.05, 0) is 31.0 Å². The van der Waals surface area contributed by atoms with E-state index in [0.717, 1.165) is 0 Å². The van der Waals surface area contributed by atoms with Crippen LogP contribution in [0.2, 0.25) is 5.02 Å². The molecule has 0 radical (unpaired) electrons. The zero-order chi connectivity index (χ0) is 14.4. The standard InChI is InChI=1S/C14H20ClNO3/c1-9(2)13(17)8-16-14(18)10(3)19-12-6-4-5-11(15)7-12/h4-7,9-10,13,17H,8H2,1-3H3,(H,16,18). The van der Waals surface area contributed by atoms with Gasteiger partial charge >= 0.3 is 0 Å². The van der Waals surface area contributed by atoms with Gasteiger partial charge in [-0.25, -0.2) is 0 Å². The lowest BCUT2D eigenvalue weighted by molar-refractivity contribution is -0.127. The minimum absolute atomic E-state index is 0.101. The van der Waals surface area contributed by atoms with Gasteiger partial charge in [0.1, 0.15) is 5.75 Å². The second-order valence-corrected chi connectivity index (χ2v) is 5.21. The van der Waals surface area contributed by atoms with Crippen LogP contribution in [-0.2, 0) is 4.79 Å². The van der Waals surface area contributed by atoms with Crippen LogP contribution in [0.15, 0.2) is 24.3 Å². The lowest BCUT2D eigenvalue weighted by atomic mass is 10.1. The Hall–Kier alpha value is -1.26. The second-order valence-electron chi connectivity index (χ2n) is 4.77. The lowest BCUT2D eigenvalue weighted by Crippen LogP contribution is -2.41. The van der Waals surface area contributed by atoms with Crippen molar-refractivity contribution in [3.05, 3.63) is 29.3 Å². The fraction of sp³-hybridized carbons (Fsp3) is 0.500. The van der Waals surface area contributed by atoms with E-state index in [1.807, 2.05) is 13.8 Å². The van der Waals surface area contributed by atoms with Crippen molar-refractivity contribution < 1.29 is 14.6 Å². The number of carbonyl (C=O) groups excluding carboxylic acids is 1.